The van der Waals surface area contributed by atoms with Crippen molar-refractivity contribution in [3.8, 4) is 0 Å². The second kappa shape index (κ2) is 7.93. The molecule has 1 heterocycles. The highest BCUT2D eigenvalue weighted by atomic mass is 32.1. The number of benzene rings is 1. The molecule has 3 rings (SSSR count). The molecule has 0 radical (unpaired) electrons. The molecule has 0 fully saturated rings. The quantitative estimate of drug-likeness (QED) is 0.839. The first kappa shape index (κ1) is 19.1. The molecule has 140 valence electrons. The van der Waals surface area contributed by atoms with Crippen LogP contribution in [-0.4, -0.2) is 29.1 Å². The number of thiophene rings is 1. The van der Waals surface area contributed by atoms with E-state index in [2.05, 4.69) is 20.8 Å². The molecule has 1 unspecified atom stereocenters. The summed E-state index contributed by atoms with van der Waals surface area (Å²) in [6, 6.07) is 9.98. The van der Waals surface area contributed by atoms with Crippen molar-refractivity contribution in [1.29, 1.82) is 0 Å². The molecule has 4 heteroatoms. The van der Waals surface area contributed by atoms with Gasteiger partial charge in [-0.3, -0.25) is 4.79 Å². The molecule has 0 aliphatic heterocycles. The highest BCUT2D eigenvalue weighted by Gasteiger charge is 2.32. The number of carbonyl (C=O) groups excluding carboxylic acids is 1. The van der Waals surface area contributed by atoms with Crippen LogP contribution >= 0.6 is 11.3 Å². The van der Waals surface area contributed by atoms with Gasteiger partial charge in [0, 0.05) is 23.3 Å². The van der Waals surface area contributed by atoms with Crippen LogP contribution in [0.1, 0.15) is 53.6 Å². The van der Waals surface area contributed by atoms with E-state index in [1.165, 1.54) is 10.4 Å². The third kappa shape index (κ3) is 4.18. The Hall–Kier alpha value is -1.65. The van der Waals surface area contributed by atoms with E-state index in [9.17, 15) is 9.90 Å². The van der Waals surface area contributed by atoms with Gasteiger partial charge in [-0.1, -0.05) is 51.1 Å². The summed E-state index contributed by atoms with van der Waals surface area (Å²) in [6.07, 6.45) is 3.21. The van der Waals surface area contributed by atoms with Gasteiger partial charge >= 0.3 is 0 Å². The van der Waals surface area contributed by atoms with Gasteiger partial charge in [0.25, 0.3) is 5.91 Å². The highest BCUT2D eigenvalue weighted by molar-refractivity contribution is 7.10. The minimum absolute atomic E-state index is 0.0169. The minimum Gasteiger partial charge on any atom is -0.395 e. The van der Waals surface area contributed by atoms with Gasteiger partial charge < -0.3 is 10.0 Å². The average molecular weight is 372 g/mol. The van der Waals surface area contributed by atoms with Crippen LogP contribution < -0.4 is 0 Å². The summed E-state index contributed by atoms with van der Waals surface area (Å²) in [5.41, 5.74) is 3.49. The topological polar surface area (TPSA) is 40.5 Å². The summed E-state index contributed by atoms with van der Waals surface area (Å²) >= 11 is 1.73. The first-order valence-corrected chi connectivity index (χ1v) is 10.3. The lowest BCUT2D eigenvalue weighted by molar-refractivity contribution is 0.0706. The van der Waals surface area contributed by atoms with Crippen molar-refractivity contribution in [2.24, 2.45) is 11.3 Å². The van der Waals surface area contributed by atoms with Crippen molar-refractivity contribution in [3.63, 3.8) is 0 Å². The Morgan fingerprint density at radius 2 is 2.00 bits per heavy atom. The molecule has 2 aromatic rings. The van der Waals surface area contributed by atoms with Crippen molar-refractivity contribution >= 4 is 17.2 Å². The van der Waals surface area contributed by atoms with Gasteiger partial charge in [-0.25, -0.2) is 0 Å². The number of amides is 1. The number of rotatable bonds is 5. The Bertz CT molecular complexity index is 745. The van der Waals surface area contributed by atoms with Gasteiger partial charge in [-0.2, -0.15) is 0 Å². The first-order valence-electron chi connectivity index (χ1n) is 9.43. The van der Waals surface area contributed by atoms with E-state index < -0.39 is 0 Å². The van der Waals surface area contributed by atoms with E-state index in [1.807, 2.05) is 35.7 Å². The molecular weight excluding hydrogens is 342 g/mol. The Morgan fingerprint density at radius 3 is 2.65 bits per heavy atom. The summed E-state index contributed by atoms with van der Waals surface area (Å²) < 4.78 is 0. The number of aliphatic hydroxyl groups excluding tert-OH is 1. The van der Waals surface area contributed by atoms with Gasteiger partial charge in [0.15, 0.2) is 0 Å². The number of hydrogen-bond acceptors (Lipinski definition) is 3. The summed E-state index contributed by atoms with van der Waals surface area (Å²) in [6.45, 7) is 7.82. The van der Waals surface area contributed by atoms with Crippen molar-refractivity contribution < 1.29 is 9.90 Å². The zero-order chi connectivity index (χ0) is 18.7. The van der Waals surface area contributed by atoms with Gasteiger partial charge in [0.2, 0.25) is 0 Å². The van der Waals surface area contributed by atoms with E-state index in [4.69, 9.17) is 0 Å². The standard InChI is InChI=1S/C22H29NO2S/c1-22(2,3)17-9-10-18-19(15-26-20(18)13-17)21(25)23(11-12-24)14-16-7-5-4-6-8-16/h4-8,15,17,24H,9-14H2,1-3H3. The maximum absolute atomic E-state index is 13.2. The summed E-state index contributed by atoms with van der Waals surface area (Å²) in [4.78, 5) is 16.3. The largest absolute Gasteiger partial charge is 0.395 e. The molecule has 26 heavy (non-hydrogen) atoms. The highest BCUT2D eigenvalue weighted by Crippen LogP contribution is 2.40. The molecule has 0 saturated carbocycles. The Morgan fingerprint density at radius 1 is 1.27 bits per heavy atom. The predicted molar refractivity (Wildman–Crippen MR) is 108 cm³/mol. The third-order valence-corrected chi connectivity index (χ3v) is 6.54. The number of carbonyl (C=O) groups is 1. The van der Waals surface area contributed by atoms with Crippen molar-refractivity contribution in [2.75, 3.05) is 13.2 Å². The number of hydrogen-bond donors (Lipinski definition) is 1. The van der Waals surface area contributed by atoms with Crippen LogP contribution in [0.15, 0.2) is 35.7 Å². The molecule has 1 aliphatic rings. The number of aliphatic hydroxyl groups is 1. The van der Waals surface area contributed by atoms with Gasteiger partial charge in [-0.05, 0) is 41.7 Å². The Kier molecular flexibility index (Phi) is 5.83. The molecule has 0 saturated heterocycles. The lowest BCUT2D eigenvalue weighted by Gasteiger charge is -2.34. The normalized spacial score (nSPS) is 17.0. The predicted octanol–water partition coefficient (Wildman–Crippen LogP) is 4.53. The molecule has 1 aromatic heterocycles. The molecule has 1 N–H and O–H groups in total. The molecular formula is C22H29NO2S. The van der Waals surface area contributed by atoms with Crippen molar-refractivity contribution in [1.82, 2.24) is 4.90 Å². The molecule has 3 nitrogen and oxygen atoms in total. The van der Waals surface area contributed by atoms with E-state index >= 15 is 0 Å². The zero-order valence-electron chi connectivity index (χ0n) is 16.0. The molecule has 1 amide bonds. The van der Waals surface area contributed by atoms with Gasteiger partial charge in [0.05, 0.1) is 12.2 Å². The molecule has 0 spiro atoms. The minimum atomic E-state index is -0.0169. The Balaban J connectivity index is 1.80. The fraction of sp³-hybridized carbons (Fsp3) is 0.500. The maximum atomic E-state index is 13.2. The second-order valence-electron chi connectivity index (χ2n) is 8.29. The lowest BCUT2D eigenvalue weighted by atomic mass is 9.72. The fourth-order valence-corrected chi connectivity index (χ4v) is 4.93. The smallest absolute Gasteiger partial charge is 0.255 e. The third-order valence-electron chi connectivity index (χ3n) is 5.48. The van der Waals surface area contributed by atoms with E-state index in [0.29, 0.717) is 24.4 Å². The van der Waals surface area contributed by atoms with Crippen LogP contribution in [0, 0.1) is 11.3 Å². The average Bonchev–Trinajstić information content (AvgIpc) is 3.04. The second-order valence-corrected chi connectivity index (χ2v) is 9.26. The van der Waals surface area contributed by atoms with Crippen molar-refractivity contribution in [3.05, 3.63) is 57.3 Å². The van der Waals surface area contributed by atoms with E-state index in [0.717, 1.165) is 30.4 Å². The van der Waals surface area contributed by atoms with Gasteiger partial charge in [-0.15, -0.1) is 11.3 Å². The van der Waals surface area contributed by atoms with Crippen LogP contribution in [0.5, 0.6) is 0 Å². The van der Waals surface area contributed by atoms with Crippen molar-refractivity contribution in [2.45, 2.75) is 46.6 Å². The molecule has 1 atom stereocenters. The summed E-state index contributed by atoms with van der Waals surface area (Å²) in [5, 5.41) is 11.5. The number of nitrogens with zero attached hydrogens (tertiary/aromatic N) is 1. The van der Waals surface area contributed by atoms with E-state index in [-0.39, 0.29) is 12.5 Å². The lowest BCUT2D eigenvalue weighted by Crippen LogP contribution is -2.34. The number of fused-ring (bicyclic) bond motifs is 1. The Labute approximate surface area is 160 Å². The summed E-state index contributed by atoms with van der Waals surface area (Å²) in [7, 11) is 0. The van der Waals surface area contributed by atoms with Gasteiger partial charge in [0.1, 0.15) is 0 Å². The molecule has 1 aliphatic carbocycles. The first-order chi connectivity index (χ1) is 12.4. The van der Waals surface area contributed by atoms with Crippen LogP contribution in [0.4, 0.5) is 0 Å². The SMILES string of the molecule is CC(C)(C)C1CCc2c(C(=O)N(CCO)Cc3ccccc3)csc2C1. The fourth-order valence-electron chi connectivity index (χ4n) is 3.78. The van der Waals surface area contributed by atoms with Crippen LogP contribution in [0.3, 0.4) is 0 Å². The molecule has 1 aromatic carbocycles. The zero-order valence-corrected chi connectivity index (χ0v) is 16.8. The van der Waals surface area contributed by atoms with Crippen LogP contribution in [-0.2, 0) is 19.4 Å². The van der Waals surface area contributed by atoms with Crippen LogP contribution in [0.2, 0.25) is 0 Å². The molecule has 0 bridgehead atoms. The summed E-state index contributed by atoms with van der Waals surface area (Å²) in [5.74, 6) is 0.726. The maximum Gasteiger partial charge on any atom is 0.255 e. The van der Waals surface area contributed by atoms with Crippen LogP contribution in [0.25, 0.3) is 0 Å². The monoisotopic (exact) mass is 371 g/mol. The van der Waals surface area contributed by atoms with E-state index in [1.54, 1.807) is 16.2 Å².